The Morgan fingerprint density at radius 3 is 2.83 bits per heavy atom. The highest BCUT2D eigenvalue weighted by Gasteiger charge is 2.51. The van der Waals surface area contributed by atoms with E-state index in [0.717, 1.165) is 4.90 Å². The number of alkyl halides is 2. The molecule has 0 N–H and O–H groups in total. The van der Waals surface area contributed by atoms with Crippen LogP contribution in [0.4, 0.5) is 14.5 Å². The number of ether oxygens (including phenoxy) is 1. The molecule has 0 radical (unpaired) electrons. The van der Waals surface area contributed by atoms with Gasteiger partial charge in [-0.2, -0.15) is 14.0 Å². The fourth-order valence-electron chi connectivity index (χ4n) is 2.59. The second-order valence-corrected chi connectivity index (χ2v) is 5.24. The average molecular weight is 329 g/mol. The summed E-state index contributed by atoms with van der Waals surface area (Å²) >= 11 is 0. The fraction of sp³-hybridized carbons (Fsp3) is 0.235. The summed E-state index contributed by atoms with van der Waals surface area (Å²) in [7, 11) is 0. The van der Waals surface area contributed by atoms with E-state index in [0.29, 0.717) is 12.0 Å². The molecular formula is C17H13F2N3O2. The molecule has 0 saturated carbocycles. The van der Waals surface area contributed by atoms with Crippen LogP contribution in [0.5, 0.6) is 5.75 Å². The second kappa shape index (κ2) is 5.89. The molecule has 1 amide bonds. The summed E-state index contributed by atoms with van der Waals surface area (Å²) in [4.78, 5) is 17.1. The molecule has 7 heteroatoms. The Morgan fingerprint density at radius 2 is 2.12 bits per heavy atom. The van der Waals surface area contributed by atoms with Crippen molar-refractivity contribution in [3.8, 4) is 11.8 Å². The average Bonchev–Trinajstić information content (AvgIpc) is 2.58. The minimum atomic E-state index is -3.96. The Balaban J connectivity index is 2.10. The summed E-state index contributed by atoms with van der Waals surface area (Å²) in [5.41, 5.74) is 1.30. The standard InChI is InChI=1S/C17H13F2N3O2/c1-2-11-5-3-7-14-15(11)24-17(18,19)16(23)22(14)10-13-12(9-20)6-4-8-21-13/h3-8H,2,10H2,1H3. The number of hydrogen-bond acceptors (Lipinski definition) is 4. The van der Waals surface area contributed by atoms with E-state index < -0.39 is 12.0 Å². The number of halogens is 2. The van der Waals surface area contributed by atoms with Crippen LogP contribution in [-0.2, 0) is 17.8 Å². The Kier molecular flexibility index (Phi) is 3.89. The van der Waals surface area contributed by atoms with Crippen LogP contribution in [0.2, 0.25) is 0 Å². The van der Waals surface area contributed by atoms with E-state index in [1.54, 1.807) is 18.2 Å². The summed E-state index contributed by atoms with van der Waals surface area (Å²) in [6, 6.07) is 9.93. The smallest absolute Gasteiger partial charge is 0.423 e. The number of rotatable bonds is 3. The maximum Gasteiger partial charge on any atom is 0.483 e. The molecule has 0 fully saturated rings. The largest absolute Gasteiger partial charge is 0.483 e. The minimum absolute atomic E-state index is 0.0148. The summed E-state index contributed by atoms with van der Waals surface area (Å²) in [6.07, 6.45) is -2.03. The molecule has 0 bridgehead atoms. The highest BCUT2D eigenvalue weighted by Crippen LogP contribution is 2.42. The predicted molar refractivity (Wildman–Crippen MR) is 81.5 cm³/mol. The molecule has 2 aromatic rings. The molecule has 3 rings (SSSR count). The lowest BCUT2D eigenvalue weighted by Gasteiger charge is -2.34. The third kappa shape index (κ3) is 2.56. The lowest BCUT2D eigenvalue weighted by molar-refractivity contribution is -0.193. The highest BCUT2D eigenvalue weighted by atomic mass is 19.3. The zero-order valence-electron chi connectivity index (χ0n) is 12.8. The number of carbonyl (C=O) groups excluding carboxylic acids is 1. The van der Waals surface area contributed by atoms with Crippen LogP contribution < -0.4 is 9.64 Å². The van der Waals surface area contributed by atoms with Gasteiger partial charge < -0.3 is 4.74 Å². The Morgan fingerprint density at radius 1 is 1.33 bits per heavy atom. The maximum atomic E-state index is 14.0. The van der Waals surface area contributed by atoms with Gasteiger partial charge in [-0.1, -0.05) is 19.1 Å². The van der Waals surface area contributed by atoms with Crippen LogP contribution in [0.3, 0.4) is 0 Å². The van der Waals surface area contributed by atoms with Gasteiger partial charge in [-0.3, -0.25) is 14.7 Å². The molecule has 0 unspecified atom stereocenters. The normalized spacial score (nSPS) is 15.4. The van der Waals surface area contributed by atoms with Crippen molar-refractivity contribution in [3.63, 3.8) is 0 Å². The minimum Gasteiger partial charge on any atom is -0.423 e. The number of fused-ring (bicyclic) bond motifs is 1. The summed E-state index contributed by atoms with van der Waals surface area (Å²) in [5, 5.41) is 9.13. The van der Waals surface area contributed by atoms with E-state index in [1.807, 2.05) is 13.0 Å². The van der Waals surface area contributed by atoms with E-state index >= 15 is 0 Å². The van der Waals surface area contributed by atoms with Gasteiger partial charge in [0.1, 0.15) is 6.07 Å². The molecule has 1 aromatic heterocycles. The number of nitriles is 1. The van der Waals surface area contributed by atoms with Crippen LogP contribution in [0, 0.1) is 11.3 Å². The lowest BCUT2D eigenvalue weighted by Crippen LogP contribution is -2.50. The summed E-state index contributed by atoms with van der Waals surface area (Å²) in [6.45, 7) is 1.58. The van der Waals surface area contributed by atoms with Gasteiger partial charge in [-0.15, -0.1) is 0 Å². The Hall–Kier alpha value is -3.01. The quantitative estimate of drug-likeness (QED) is 0.868. The van der Waals surface area contributed by atoms with Crippen molar-refractivity contribution in [2.75, 3.05) is 4.90 Å². The molecule has 5 nitrogen and oxygen atoms in total. The van der Waals surface area contributed by atoms with Crippen molar-refractivity contribution < 1.29 is 18.3 Å². The molecule has 0 atom stereocenters. The summed E-state index contributed by atoms with van der Waals surface area (Å²) < 4.78 is 32.7. The van der Waals surface area contributed by atoms with Crippen LogP contribution in [0.25, 0.3) is 0 Å². The lowest BCUT2D eigenvalue weighted by atomic mass is 10.1. The molecule has 0 aliphatic carbocycles. The third-order valence-electron chi connectivity index (χ3n) is 3.79. The van der Waals surface area contributed by atoms with Gasteiger partial charge >= 0.3 is 12.0 Å². The SMILES string of the molecule is CCc1cccc2c1OC(F)(F)C(=O)N2Cc1ncccc1C#N. The molecule has 2 heterocycles. The van der Waals surface area contributed by atoms with E-state index in [9.17, 15) is 13.6 Å². The van der Waals surface area contributed by atoms with Gasteiger partial charge in [0.05, 0.1) is 23.5 Å². The van der Waals surface area contributed by atoms with Crippen LogP contribution >= 0.6 is 0 Å². The highest BCUT2D eigenvalue weighted by molar-refractivity contribution is 6.01. The van der Waals surface area contributed by atoms with E-state index in [2.05, 4.69) is 9.72 Å². The summed E-state index contributed by atoms with van der Waals surface area (Å²) in [5.74, 6) is -1.49. The maximum absolute atomic E-state index is 14.0. The van der Waals surface area contributed by atoms with Gasteiger partial charge in [-0.25, -0.2) is 0 Å². The van der Waals surface area contributed by atoms with E-state index in [4.69, 9.17) is 5.26 Å². The van der Waals surface area contributed by atoms with Gasteiger partial charge in [-0.05, 0) is 30.2 Å². The second-order valence-electron chi connectivity index (χ2n) is 5.24. The van der Waals surface area contributed by atoms with Crippen molar-refractivity contribution in [2.45, 2.75) is 26.0 Å². The fourth-order valence-corrected chi connectivity index (χ4v) is 2.59. The number of anilines is 1. The van der Waals surface area contributed by atoms with E-state index in [-0.39, 0.29) is 29.2 Å². The number of benzene rings is 1. The van der Waals surface area contributed by atoms with Crippen LogP contribution in [0.15, 0.2) is 36.5 Å². The van der Waals surface area contributed by atoms with Gasteiger partial charge in [0.2, 0.25) is 0 Å². The molecule has 1 aliphatic rings. The van der Waals surface area contributed by atoms with Crippen molar-refractivity contribution >= 4 is 11.6 Å². The number of amides is 1. The first-order chi connectivity index (χ1) is 11.5. The predicted octanol–water partition coefficient (Wildman–Crippen LogP) is 3.03. The number of aryl methyl sites for hydroxylation is 1. The molecule has 122 valence electrons. The topological polar surface area (TPSA) is 66.2 Å². The van der Waals surface area contributed by atoms with Crippen molar-refractivity contribution in [1.82, 2.24) is 4.98 Å². The molecular weight excluding hydrogens is 316 g/mol. The Bertz CT molecular complexity index is 846. The first-order valence-corrected chi connectivity index (χ1v) is 7.32. The Labute approximate surface area is 137 Å². The first kappa shape index (κ1) is 15.9. The number of aromatic nitrogens is 1. The van der Waals surface area contributed by atoms with E-state index in [1.165, 1.54) is 18.3 Å². The van der Waals surface area contributed by atoms with Crippen molar-refractivity contribution in [1.29, 1.82) is 5.26 Å². The number of hydrogen-bond donors (Lipinski definition) is 0. The zero-order chi connectivity index (χ0) is 17.3. The van der Waals surface area contributed by atoms with Crippen molar-refractivity contribution in [3.05, 3.63) is 53.3 Å². The van der Waals surface area contributed by atoms with Crippen molar-refractivity contribution in [2.24, 2.45) is 0 Å². The van der Waals surface area contributed by atoms with Gasteiger partial charge in [0.25, 0.3) is 0 Å². The molecule has 1 aromatic carbocycles. The molecule has 0 saturated heterocycles. The number of nitrogens with zero attached hydrogens (tertiary/aromatic N) is 3. The molecule has 0 spiro atoms. The van der Waals surface area contributed by atoms with Crippen LogP contribution in [-0.4, -0.2) is 17.0 Å². The van der Waals surface area contributed by atoms with Gasteiger partial charge in [0.15, 0.2) is 5.75 Å². The van der Waals surface area contributed by atoms with Gasteiger partial charge in [0, 0.05) is 6.20 Å². The number of para-hydroxylation sites is 1. The molecule has 24 heavy (non-hydrogen) atoms. The van der Waals surface area contributed by atoms with Crippen LogP contribution in [0.1, 0.15) is 23.7 Å². The third-order valence-corrected chi connectivity index (χ3v) is 3.79. The zero-order valence-corrected chi connectivity index (χ0v) is 12.8. The monoisotopic (exact) mass is 329 g/mol. The number of pyridine rings is 1. The molecule has 1 aliphatic heterocycles. The number of carbonyl (C=O) groups is 1. The first-order valence-electron chi connectivity index (χ1n) is 7.32.